The summed E-state index contributed by atoms with van der Waals surface area (Å²) >= 11 is 0. The van der Waals surface area contributed by atoms with Gasteiger partial charge < -0.3 is 25.4 Å². The number of rotatable bonds is 16. The highest BCUT2D eigenvalue weighted by molar-refractivity contribution is 6.09. The average Bonchev–Trinajstić information content (AvgIpc) is 3.17. The largest absolute Gasteiger partial charge is 0.478 e. The van der Waals surface area contributed by atoms with Crippen LogP contribution in [0.25, 0.3) is 0 Å². The van der Waals surface area contributed by atoms with Crippen molar-refractivity contribution in [3.8, 4) is 0 Å². The van der Waals surface area contributed by atoms with Gasteiger partial charge >= 0.3 is 17.6 Å². The monoisotopic (exact) mass is 580 g/mol. The summed E-state index contributed by atoms with van der Waals surface area (Å²) in [5.41, 5.74) is -1.39. The SMILES string of the molecule is CCCCCCCCCCCCc1ccnc(C(=O)Nc2ccn([C@@H]3O[C@H](CO)[C@@H](O)C3(F)F)c(=O)n2)c1C(=O)O. The summed E-state index contributed by atoms with van der Waals surface area (Å²) < 4.78 is 34.2. The van der Waals surface area contributed by atoms with Crippen LogP contribution < -0.4 is 11.0 Å². The fraction of sp³-hybridized carbons (Fsp3) is 0.607. The number of nitrogens with one attached hydrogen (secondary N) is 1. The predicted octanol–water partition coefficient (Wildman–Crippen LogP) is 3.94. The number of carboxylic acids is 1. The van der Waals surface area contributed by atoms with Gasteiger partial charge in [-0.3, -0.25) is 14.3 Å². The molecular formula is C28H38F2N4O7. The van der Waals surface area contributed by atoms with Crippen molar-refractivity contribution in [3.05, 3.63) is 51.8 Å². The molecule has 0 aromatic carbocycles. The summed E-state index contributed by atoms with van der Waals surface area (Å²) in [4.78, 5) is 44.9. The number of amides is 1. The van der Waals surface area contributed by atoms with Crippen LogP contribution in [0.5, 0.6) is 0 Å². The molecule has 1 saturated heterocycles. The van der Waals surface area contributed by atoms with Crippen LogP contribution in [-0.2, 0) is 11.2 Å². The molecule has 41 heavy (non-hydrogen) atoms. The Morgan fingerprint density at radius 2 is 1.71 bits per heavy atom. The van der Waals surface area contributed by atoms with Gasteiger partial charge in [-0.25, -0.2) is 9.59 Å². The standard InChI is InChI=1S/C28H38F2N4O7/c1-2-3-4-5-6-7-8-9-10-11-12-18-13-15-31-22(21(18)25(38)39)24(37)32-20-14-16-34(27(40)33-20)26-28(29,30)23(36)19(17-35)41-26/h13-16,19,23,26,35-36H,2-12,17H2,1H3,(H,38,39)(H,32,33,37,40)/t19-,23-,26-/m1/s1. The zero-order chi connectivity index (χ0) is 30.0. The lowest BCUT2D eigenvalue weighted by molar-refractivity contribution is -0.140. The molecule has 0 unspecified atom stereocenters. The van der Waals surface area contributed by atoms with Crippen LogP contribution in [-0.4, -0.2) is 66.5 Å². The van der Waals surface area contributed by atoms with E-state index >= 15 is 0 Å². The van der Waals surface area contributed by atoms with Crippen LogP contribution in [0.4, 0.5) is 14.6 Å². The smallest absolute Gasteiger partial charge is 0.351 e. The third-order valence-electron chi connectivity index (χ3n) is 7.15. The van der Waals surface area contributed by atoms with E-state index in [1.807, 2.05) is 0 Å². The van der Waals surface area contributed by atoms with E-state index in [-0.39, 0.29) is 17.1 Å². The van der Waals surface area contributed by atoms with E-state index in [4.69, 9.17) is 9.84 Å². The number of halogens is 2. The second kappa shape index (κ2) is 15.1. The quantitative estimate of drug-likeness (QED) is 0.215. The molecule has 3 heterocycles. The van der Waals surface area contributed by atoms with E-state index in [0.717, 1.165) is 37.9 Å². The third kappa shape index (κ3) is 8.14. The number of carbonyl (C=O) groups is 2. The molecule has 0 radical (unpaired) electrons. The molecule has 1 fully saturated rings. The molecule has 3 rings (SSSR count). The Labute approximate surface area is 236 Å². The second-order valence-corrected chi connectivity index (χ2v) is 10.2. The van der Waals surface area contributed by atoms with Crippen molar-refractivity contribution in [1.82, 2.24) is 14.5 Å². The van der Waals surface area contributed by atoms with E-state index in [0.29, 0.717) is 16.6 Å². The first-order valence-corrected chi connectivity index (χ1v) is 14.1. The first kappa shape index (κ1) is 32.2. The Hall–Kier alpha value is -3.29. The molecule has 1 aliphatic rings. The number of alkyl halides is 2. The number of aliphatic hydroxyl groups is 2. The van der Waals surface area contributed by atoms with Crippen molar-refractivity contribution in [3.63, 3.8) is 0 Å². The molecule has 1 aliphatic heterocycles. The molecule has 0 bridgehead atoms. The van der Waals surface area contributed by atoms with E-state index in [9.17, 15) is 33.4 Å². The van der Waals surface area contributed by atoms with Crippen LogP contribution in [0.15, 0.2) is 29.3 Å². The van der Waals surface area contributed by atoms with Crippen molar-refractivity contribution in [2.24, 2.45) is 0 Å². The highest BCUT2D eigenvalue weighted by Gasteiger charge is 2.59. The second-order valence-electron chi connectivity index (χ2n) is 10.2. The van der Waals surface area contributed by atoms with Gasteiger partial charge in [0.25, 0.3) is 5.91 Å². The van der Waals surface area contributed by atoms with Gasteiger partial charge in [0.2, 0.25) is 6.23 Å². The maximum Gasteiger partial charge on any atom is 0.351 e. The number of hydrogen-bond donors (Lipinski definition) is 4. The third-order valence-corrected chi connectivity index (χ3v) is 7.15. The highest BCUT2D eigenvalue weighted by Crippen LogP contribution is 2.42. The number of carbonyl (C=O) groups excluding carboxylic acids is 1. The molecular weight excluding hydrogens is 542 g/mol. The van der Waals surface area contributed by atoms with Crippen LogP contribution in [0.2, 0.25) is 0 Å². The van der Waals surface area contributed by atoms with E-state index in [1.54, 1.807) is 6.07 Å². The Balaban J connectivity index is 1.62. The van der Waals surface area contributed by atoms with Crippen LogP contribution in [0, 0.1) is 0 Å². The summed E-state index contributed by atoms with van der Waals surface area (Å²) in [6.07, 6.45) is 7.80. The number of ether oxygens (including phenoxy) is 1. The maximum absolute atomic E-state index is 14.4. The van der Waals surface area contributed by atoms with Gasteiger partial charge in [0, 0.05) is 12.4 Å². The normalized spacial score (nSPS) is 19.8. The van der Waals surface area contributed by atoms with Crippen LogP contribution >= 0.6 is 0 Å². The topological polar surface area (TPSA) is 164 Å². The molecule has 0 spiro atoms. The number of pyridine rings is 1. The zero-order valence-electron chi connectivity index (χ0n) is 23.1. The number of nitrogens with zero attached hydrogens (tertiary/aromatic N) is 3. The van der Waals surface area contributed by atoms with Gasteiger partial charge in [0.15, 0.2) is 6.10 Å². The van der Waals surface area contributed by atoms with Gasteiger partial charge in [-0.05, 0) is 30.5 Å². The minimum absolute atomic E-state index is 0.253. The van der Waals surface area contributed by atoms with Gasteiger partial charge in [-0.1, -0.05) is 64.7 Å². The van der Waals surface area contributed by atoms with Crippen molar-refractivity contribution in [2.45, 2.75) is 102 Å². The summed E-state index contributed by atoms with van der Waals surface area (Å²) in [5, 5.41) is 30.9. The molecule has 4 N–H and O–H groups in total. The van der Waals surface area contributed by atoms with E-state index in [1.165, 1.54) is 44.7 Å². The molecule has 11 nitrogen and oxygen atoms in total. The maximum atomic E-state index is 14.4. The lowest BCUT2D eigenvalue weighted by atomic mass is 9.99. The van der Waals surface area contributed by atoms with E-state index < -0.39 is 48.5 Å². The van der Waals surface area contributed by atoms with Crippen molar-refractivity contribution in [2.75, 3.05) is 11.9 Å². The lowest BCUT2D eigenvalue weighted by Gasteiger charge is -2.21. The minimum atomic E-state index is -3.89. The van der Waals surface area contributed by atoms with Gasteiger partial charge in [-0.2, -0.15) is 13.8 Å². The Morgan fingerprint density at radius 3 is 2.27 bits per heavy atom. The first-order valence-electron chi connectivity index (χ1n) is 14.1. The number of unbranched alkanes of at least 4 members (excludes halogenated alkanes) is 9. The molecule has 226 valence electrons. The van der Waals surface area contributed by atoms with Crippen molar-refractivity contribution < 1.29 is 38.4 Å². The molecule has 0 saturated carbocycles. The van der Waals surface area contributed by atoms with Gasteiger partial charge in [0.05, 0.1) is 12.2 Å². The summed E-state index contributed by atoms with van der Waals surface area (Å²) in [7, 11) is 0. The molecule has 2 aromatic rings. The highest BCUT2D eigenvalue weighted by atomic mass is 19.3. The minimum Gasteiger partial charge on any atom is -0.478 e. The fourth-order valence-electron chi connectivity index (χ4n) is 4.88. The molecule has 0 aliphatic carbocycles. The average molecular weight is 581 g/mol. The number of aliphatic hydroxyl groups excluding tert-OH is 2. The number of aryl methyl sites for hydroxylation is 1. The van der Waals surface area contributed by atoms with E-state index in [2.05, 4.69) is 22.2 Å². The Kier molecular flexibility index (Phi) is 11.9. The Bertz CT molecular complexity index is 1240. The number of hydrogen-bond acceptors (Lipinski definition) is 8. The first-order chi connectivity index (χ1) is 19.6. The summed E-state index contributed by atoms with van der Waals surface area (Å²) in [5.74, 6) is -6.48. The molecule has 1 amide bonds. The molecule has 2 aromatic heterocycles. The van der Waals surface area contributed by atoms with Crippen molar-refractivity contribution >= 4 is 17.7 Å². The summed E-state index contributed by atoms with van der Waals surface area (Å²) in [6, 6.07) is 2.61. The molecule has 13 heteroatoms. The fourth-order valence-corrected chi connectivity index (χ4v) is 4.88. The summed E-state index contributed by atoms with van der Waals surface area (Å²) in [6.45, 7) is 1.30. The number of aromatic carboxylic acids is 1. The van der Waals surface area contributed by atoms with Gasteiger partial charge in [0.1, 0.15) is 17.6 Å². The van der Waals surface area contributed by atoms with Crippen LogP contribution in [0.1, 0.15) is 104 Å². The molecule has 3 atom stereocenters. The number of anilines is 1. The number of aromatic nitrogens is 3. The Morgan fingerprint density at radius 1 is 1.07 bits per heavy atom. The van der Waals surface area contributed by atoms with Crippen molar-refractivity contribution in [1.29, 1.82) is 0 Å². The number of carboxylic acid groups (broad SMARTS) is 1. The zero-order valence-corrected chi connectivity index (χ0v) is 23.1. The predicted molar refractivity (Wildman–Crippen MR) is 145 cm³/mol. The van der Waals surface area contributed by atoms with Crippen LogP contribution in [0.3, 0.4) is 0 Å². The van der Waals surface area contributed by atoms with Gasteiger partial charge in [-0.15, -0.1) is 0 Å². The lowest BCUT2D eigenvalue weighted by Crippen LogP contribution is -2.41.